The van der Waals surface area contributed by atoms with E-state index in [9.17, 15) is 33.3 Å². The highest BCUT2D eigenvalue weighted by Gasteiger charge is 2.37. The summed E-state index contributed by atoms with van der Waals surface area (Å²) < 4.78 is 38.9. The summed E-state index contributed by atoms with van der Waals surface area (Å²) >= 11 is 0. The Hall–Kier alpha value is -3.72. The molecule has 3 atom stereocenters. The molecule has 0 aliphatic heterocycles. The van der Waals surface area contributed by atoms with Gasteiger partial charge in [0.2, 0.25) is 0 Å². The third-order valence-electron chi connectivity index (χ3n) is 7.43. The number of hydrogen-bond acceptors (Lipinski definition) is 4. The summed E-state index contributed by atoms with van der Waals surface area (Å²) in [5, 5.41) is 30.7. The van der Waals surface area contributed by atoms with Gasteiger partial charge in [-0.15, -0.1) is 0 Å². The first kappa shape index (κ1) is 25.9. The first-order valence-corrected chi connectivity index (χ1v) is 12.2. The van der Waals surface area contributed by atoms with Crippen LogP contribution in [0.5, 0.6) is 0 Å². The van der Waals surface area contributed by atoms with Crippen molar-refractivity contribution >= 4 is 16.7 Å². The average Bonchev–Trinajstić information content (AvgIpc) is 3.29. The number of hydrogen-bond donors (Lipinski definition) is 4. The lowest BCUT2D eigenvalue weighted by atomic mass is 9.87. The maximum atomic E-state index is 13.0. The number of alkyl halides is 3. The molecule has 5 nitrogen and oxygen atoms in total. The Kier molecular flexibility index (Phi) is 6.73. The molecule has 0 bridgehead atoms. The SMILES string of the molecule is N[C@@H]1C[C@@H](c2ccc(-c3cc(C(=O)O)cc4cc(-c5ccc(C(F)(F)F)cc5)ccc34)cc2)[C@H](C(O)O)C1. The molecule has 0 heterocycles. The zero-order valence-corrected chi connectivity index (χ0v) is 20.2. The van der Waals surface area contributed by atoms with Gasteiger partial charge in [0.15, 0.2) is 6.29 Å². The van der Waals surface area contributed by atoms with Crippen molar-refractivity contribution in [3.05, 3.63) is 95.6 Å². The Morgan fingerprint density at radius 1 is 0.842 bits per heavy atom. The number of carboxylic acids is 1. The molecule has 0 unspecified atom stereocenters. The van der Waals surface area contributed by atoms with E-state index in [1.54, 1.807) is 24.3 Å². The van der Waals surface area contributed by atoms with E-state index in [1.165, 1.54) is 12.1 Å². The Morgan fingerprint density at radius 3 is 2.08 bits per heavy atom. The fraction of sp³-hybridized carbons (Fsp3) is 0.233. The van der Waals surface area contributed by atoms with Gasteiger partial charge in [-0.2, -0.15) is 13.2 Å². The Morgan fingerprint density at radius 2 is 1.47 bits per heavy atom. The zero-order chi connectivity index (χ0) is 27.2. The lowest BCUT2D eigenvalue weighted by molar-refractivity contribution is -0.137. The second-order valence-electron chi connectivity index (χ2n) is 9.88. The quantitative estimate of drug-likeness (QED) is 0.241. The molecule has 0 saturated heterocycles. The standard InChI is InChI=1S/C30H26F3NO4/c31-30(32,33)22-8-5-16(6-9-22)19-7-10-24-20(11-19)12-21(28(35)36)13-25(24)17-1-3-18(4-2-17)26-14-23(34)15-27(26)29(37)38/h1-13,23,26-27,29,37-38H,14-15,34H2,(H,35,36)/t23-,26+,27-/m1/s1. The minimum Gasteiger partial charge on any atom is -0.478 e. The zero-order valence-electron chi connectivity index (χ0n) is 20.2. The lowest BCUT2D eigenvalue weighted by Gasteiger charge is -2.21. The number of benzene rings is 4. The number of carboxylic acid groups (broad SMARTS) is 1. The largest absolute Gasteiger partial charge is 0.478 e. The average molecular weight is 522 g/mol. The van der Waals surface area contributed by atoms with Crippen LogP contribution in [0.25, 0.3) is 33.0 Å². The number of aromatic carboxylic acids is 1. The first-order valence-electron chi connectivity index (χ1n) is 12.2. The highest BCUT2D eigenvalue weighted by Crippen LogP contribution is 2.42. The first-order chi connectivity index (χ1) is 18.0. The van der Waals surface area contributed by atoms with Gasteiger partial charge in [0.1, 0.15) is 0 Å². The summed E-state index contributed by atoms with van der Waals surface area (Å²) in [5.41, 5.74) is 9.10. The highest BCUT2D eigenvalue weighted by atomic mass is 19.4. The predicted octanol–water partition coefficient (Wildman–Crippen LogP) is 6.02. The molecule has 4 aromatic carbocycles. The van der Waals surface area contributed by atoms with E-state index in [4.69, 9.17) is 5.73 Å². The molecular formula is C30H26F3NO4. The number of aliphatic hydroxyl groups is 2. The maximum absolute atomic E-state index is 13.0. The molecule has 196 valence electrons. The number of aliphatic hydroxyl groups excluding tert-OH is 1. The number of fused-ring (bicyclic) bond motifs is 1. The Bertz CT molecular complexity index is 1480. The van der Waals surface area contributed by atoms with Crippen LogP contribution in [0.2, 0.25) is 0 Å². The van der Waals surface area contributed by atoms with Crippen LogP contribution < -0.4 is 5.73 Å². The van der Waals surface area contributed by atoms with Gasteiger partial charge in [-0.1, -0.05) is 48.5 Å². The second kappa shape index (κ2) is 9.87. The predicted molar refractivity (Wildman–Crippen MR) is 138 cm³/mol. The molecule has 5 rings (SSSR count). The number of carbonyl (C=O) groups is 1. The highest BCUT2D eigenvalue weighted by molar-refractivity contribution is 6.04. The summed E-state index contributed by atoms with van der Waals surface area (Å²) in [4.78, 5) is 11.9. The van der Waals surface area contributed by atoms with Crippen molar-refractivity contribution < 1.29 is 33.3 Å². The van der Waals surface area contributed by atoms with Crippen molar-refractivity contribution in [3.8, 4) is 22.3 Å². The van der Waals surface area contributed by atoms with Crippen LogP contribution in [0.4, 0.5) is 13.2 Å². The van der Waals surface area contributed by atoms with Crippen LogP contribution in [0.3, 0.4) is 0 Å². The van der Waals surface area contributed by atoms with Gasteiger partial charge < -0.3 is 21.1 Å². The monoisotopic (exact) mass is 521 g/mol. The van der Waals surface area contributed by atoms with Crippen LogP contribution in [0.1, 0.15) is 40.2 Å². The maximum Gasteiger partial charge on any atom is 0.416 e. The van der Waals surface area contributed by atoms with Gasteiger partial charge in [-0.05, 0) is 87.7 Å². The second-order valence-corrected chi connectivity index (χ2v) is 9.88. The van der Waals surface area contributed by atoms with Gasteiger partial charge in [0, 0.05) is 12.0 Å². The summed E-state index contributed by atoms with van der Waals surface area (Å²) in [6, 6.07) is 20.9. The topological polar surface area (TPSA) is 104 Å². The summed E-state index contributed by atoms with van der Waals surface area (Å²) in [6.45, 7) is 0. The van der Waals surface area contributed by atoms with Crippen molar-refractivity contribution in [2.24, 2.45) is 11.7 Å². The van der Waals surface area contributed by atoms with Crippen LogP contribution >= 0.6 is 0 Å². The number of rotatable bonds is 5. The van der Waals surface area contributed by atoms with E-state index in [1.807, 2.05) is 30.3 Å². The van der Waals surface area contributed by atoms with E-state index in [0.717, 1.165) is 28.6 Å². The van der Waals surface area contributed by atoms with Crippen LogP contribution in [-0.4, -0.2) is 33.6 Å². The van der Waals surface area contributed by atoms with Gasteiger partial charge in [0.05, 0.1) is 11.1 Å². The fourth-order valence-corrected chi connectivity index (χ4v) is 5.50. The van der Waals surface area contributed by atoms with Gasteiger partial charge in [0.25, 0.3) is 0 Å². The molecule has 0 amide bonds. The van der Waals surface area contributed by atoms with E-state index >= 15 is 0 Å². The molecule has 1 fully saturated rings. The van der Waals surface area contributed by atoms with Crippen LogP contribution in [-0.2, 0) is 6.18 Å². The van der Waals surface area contributed by atoms with E-state index in [2.05, 4.69) is 0 Å². The summed E-state index contributed by atoms with van der Waals surface area (Å²) in [7, 11) is 0. The lowest BCUT2D eigenvalue weighted by Crippen LogP contribution is -2.23. The van der Waals surface area contributed by atoms with Gasteiger partial charge in [-0.3, -0.25) is 0 Å². The van der Waals surface area contributed by atoms with Crippen LogP contribution in [0, 0.1) is 5.92 Å². The molecule has 38 heavy (non-hydrogen) atoms. The minimum absolute atomic E-state index is 0.0892. The van der Waals surface area contributed by atoms with E-state index in [-0.39, 0.29) is 23.4 Å². The summed E-state index contributed by atoms with van der Waals surface area (Å²) in [5.74, 6) is -1.53. The normalized spacial score (nSPS) is 19.8. The molecule has 1 aliphatic rings. The van der Waals surface area contributed by atoms with Crippen molar-refractivity contribution in [1.82, 2.24) is 0 Å². The molecule has 1 saturated carbocycles. The van der Waals surface area contributed by atoms with Crippen LogP contribution in [0.15, 0.2) is 78.9 Å². The Labute approximate surface area is 217 Å². The van der Waals surface area contributed by atoms with E-state index < -0.39 is 24.0 Å². The molecule has 0 spiro atoms. The molecule has 0 radical (unpaired) electrons. The number of halogens is 3. The minimum atomic E-state index is -4.43. The molecule has 8 heteroatoms. The van der Waals surface area contributed by atoms with E-state index in [0.29, 0.717) is 34.9 Å². The third kappa shape index (κ3) is 5.03. The fourth-order valence-electron chi connectivity index (χ4n) is 5.50. The smallest absolute Gasteiger partial charge is 0.416 e. The molecular weight excluding hydrogens is 495 g/mol. The summed E-state index contributed by atoms with van der Waals surface area (Å²) in [6.07, 6.45) is -4.71. The molecule has 5 N–H and O–H groups in total. The van der Waals surface area contributed by atoms with Crippen molar-refractivity contribution in [2.75, 3.05) is 0 Å². The van der Waals surface area contributed by atoms with Crippen molar-refractivity contribution in [3.63, 3.8) is 0 Å². The third-order valence-corrected chi connectivity index (χ3v) is 7.43. The van der Waals surface area contributed by atoms with Crippen molar-refractivity contribution in [2.45, 2.75) is 37.3 Å². The van der Waals surface area contributed by atoms with Gasteiger partial charge in [-0.25, -0.2) is 4.79 Å². The van der Waals surface area contributed by atoms with Gasteiger partial charge >= 0.3 is 12.1 Å². The molecule has 0 aromatic heterocycles. The number of nitrogens with two attached hydrogens (primary N) is 1. The molecule has 4 aromatic rings. The molecule has 1 aliphatic carbocycles. The van der Waals surface area contributed by atoms with Crippen molar-refractivity contribution in [1.29, 1.82) is 0 Å². The Balaban J connectivity index is 1.54.